The molecule has 1 amide bonds. The lowest BCUT2D eigenvalue weighted by molar-refractivity contribution is -0.128. The molecular formula is C16H24N2O2S. The van der Waals surface area contributed by atoms with Crippen LogP contribution in [0.1, 0.15) is 36.6 Å². The van der Waals surface area contributed by atoms with E-state index < -0.39 is 0 Å². The molecule has 1 N–H and O–H groups in total. The number of carbonyl (C=O) groups excluding carboxylic acids is 1. The number of rotatable bonds is 5. The van der Waals surface area contributed by atoms with E-state index in [1.165, 1.54) is 17.7 Å². The first kappa shape index (κ1) is 15.0. The van der Waals surface area contributed by atoms with Crippen molar-refractivity contribution in [2.24, 2.45) is 5.92 Å². The van der Waals surface area contributed by atoms with Gasteiger partial charge >= 0.3 is 0 Å². The molecule has 0 radical (unpaired) electrons. The monoisotopic (exact) mass is 308 g/mol. The number of thiophene rings is 1. The zero-order valence-corrected chi connectivity index (χ0v) is 13.2. The van der Waals surface area contributed by atoms with Gasteiger partial charge in [0, 0.05) is 30.6 Å². The first-order valence-corrected chi connectivity index (χ1v) is 8.85. The summed E-state index contributed by atoms with van der Waals surface area (Å²) in [6.07, 6.45) is 4.27. The smallest absolute Gasteiger partial charge is 0.223 e. The molecule has 116 valence electrons. The van der Waals surface area contributed by atoms with Crippen LogP contribution in [0, 0.1) is 5.92 Å². The van der Waals surface area contributed by atoms with E-state index >= 15 is 0 Å². The fourth-order valence-corrected chi connectivity index (χ4v) is 4.11. The quantitative estimate of drug-likeness (QED) is 0.908. The van der Waals surface area contributed by atoms with Gasteiger partial charge in [-0.25, -0.2) is 0 Å². The lowest BCUT2D eigenvalue weighted by atomic mass is 9.99. The molecule has 2 saturated heterocycles. The summed E-state index contributed by atoms with van der Waals surface area (Å²) in [6, 6.07) is 4.63. The van der Waals surface area contributed by atoms with Gasteiger partial charge in [0.05, 0.1) is 6.04 Å². The fraction of sp³-hybridized carbons (Fsp3) is 0.688. The number of likely N-dealkylation sites (tertiary alicyclic amines) is 1. The van der Waals surface area contributed by atoms with Crippen LogP contribution in [-0.4, -0.2) is 43.7 Å². The molecule has 0 aromatic carbocycles. The number of amides is 1. The molecule has 3 rings (SSSR count). The number of hydrogen-bond donors (Lipinski definition) is 1. The lowest BCUT2D eigenvalue weighted by Crippen LogP contribution is -2.40. The average Bonchev–Trinajstić information content (AvgIpc) is 3.22. The Bertz CT molecular complexity index is 437. The molecule has 0 saturated carbocycles. The molecule has 1 atom stereocenters. The van der Waals surface area contributed by atoms with Gasteiger partial charge in [-0.15, -0.1) is 11.3 Å². The van der Waals surface area contributed by atoms with Crippen molar-refractivity contribution in [1.82, 2.24) is 10.2 Å². The van der Waals surface area contributed by atoms with Crippen molar-refractivity contribution in [2.75, 3.05) is 32.8 Å². The second-order valence-electron chi connectivity index (χ2n) is 5.91. The van der Waals surface area contributed by atoms with E-state index in [-0.39, 0.29) is 11.8 Å². The van der Waals surface area contributed by atoms with Gasteiger partial charge in [-0.05, 0) is 50.2 Å². The minimum Gasteiger partial charge on any atom is -0.381 e. The van der Waals surface area contributed by atoms with Crippen LogP contribution in [0.2, 0.25) is 0 Å². The van der Waals surface area contributed by atoms with E-state index in [0.29, 0.717) is 6.04 Å². The third-order valence-corrected chi connectivity index (χ3v) is 5.49. The number of ether oxygens (including phenoxy) is 1. The molecule has 0 spiro atoms. The molecule has 3 heterocycles. The zero-order valence-electron chi connectivity index (χ0n) is 12.4. The minimum atomic E-state index is 0.140. The number of hydrogen-bond acceptors (Lipinski definition) is 4. The summed E-state index contributed by atoms with van der Waals surface area (Å²) in [6.45, 7) is 4.47. The van der Waals surface area contributed by atoms with Gasteiger partial charge in [-0.3, -0.25) is 9.69 Å². The van der Waals surface area contributed by atoms with Gasteiger partial charge in [-0.2, -0.15) is 0 Å². The van der Waals surface area contributed by atoms with Crippen molar-refractivity contribution in [1.29, 1.82) is 0 Å². The van der Waals surface area contributed by atoms with Crippen molar-refractivity contribution >= 4 is 17.2 Å². The largest absolute Gasteiger partial charge is 0.381 e. The molecule has 1 aromatic heterocycles. The Kier molecular flexibility index (Phi) is 5.27. The van der Waals surface area contributed by atoms with Crippen LogP contribution in [0.3, 0.4) is 0 Å². The van der Waals surface area contributed by atoms with Crippen molar-refractivity contribution in [3.8, 4) is 0 Å². The van der Waals surface area contributed by atoms with Crippen LogP contribution >= 0.6 is 11.3 Å². The van der Waals surface area contributed by atoms with Crippen molar-refractivity contribution in [2.45, 2.75) is 31.7 Å². The normalized spacial score (nSPS) is 22.3. The van der Waals surface area contributed by atoms with E-state index in [9.17, 15) is 4.79 Å². The average molecular weight is 308 g/mol. The molecule has 2 fully saturated rings. The molecule has 4 nitrogen and oxygen atoms in total. The van der Waals surface area contributed by atoms with Crippen molar-refractivity contribution < 1.29 is 9.53 Å². The zero-order chi connectivity index (χ0) is 14.5. The summed E-state index contributed by atoms with van der Waals surface area (Å²) >= 11 is 1.79. The van der Waals surface area contributed by atoms with Crippen molar-refractivity contribution in [3.63, 3.8) is 0 Å². The summed E-state index contributed by atoms with van der Waals surface area (Å²) in [5.74, 6) is 0.348. The van der Waals surface area contributed by atoms with Gasteiger partial charge in [0.2, 0.25) is 5.91 Å². The molecule has 2 aliphatic rings. The first-order valence-electron chi connectivity index (χ1n) is 7.97. The molecule has 21 heavy (non-hydrogen) atoms. The van der Waals surface area contributed by atoms with Crippen molar-refractivity contribution in [3.05, 3.63) is 22.4 Å². The second-order valence-corrected chi connectivity index (χ2v) is 6.89. The summed E-state index contributed by atoms with van der Waals surface area (Å²) in [4.78, 5) is 16.2. The van der Waals surface area contributed by atoms with Gasteiger partial charge in [-0.1, -0.05) is 6.07 Å². The van der Waals surface area contributed by atoms with Crippen LogP contribution in [-0.2, 0) is 9.53 Å². The fourth-order valence-electron chi connectivity index (χ4n) is 3.25. The third kappa shape index (κ3) is 3.84. The third-order valence-electron chi connectivity index (χ3n) is 4.51. The Balaban J connectivity index is 1.58. The maximum Gasteiger partial charge on any atom is 0.223 e. The molecule has 0 bridgehead atoms. The molecule has 0 aliphatic carbocycles. The Hall–Kier alpha value is -0.910. The summed E-state index contributed by atoms with van der Waals surface area (Å²) in [5, 5.41) is 5.31. The highest BCUT2D eigenvalue weighted by atomic mass is 32.1. The lowest BCUT2D eigenvalue weighted by Gasteiger charge is -2.28. The van der Waals surface area contributed by atoms with Crippen LogP contribution < -0.4 is 5.32 Å². The van der Waals surface area contributed by atoms with Crippen LogP contribution in [0.15, 0.2) is 17.5 Å². The summed E-state index contributed by atoms with van der Waals surface area (Å²) in [5.41, 5.74) is 0. The Morgan fingerprint density at radius 1 is 1.38 bits per heavy atom. The van der Waals surface area contributed by atoms with E-state index in [1.54, 1.807) is 11.3 Å². The second kappa shape index (κ2) is 7.38. The molecular weight excluding hydrogens is 284 g/mol. The Morgan fingerprint density at radius 2 is 2.14 bits per heavy atom. The molecule has 2 aliphatic heterocycles. The van der Waals surface area contributed by atoms with Gasteiger partial charge in [0.1, 0.15) is 0 Å². The minimum absolute atomic E-state index is 0.140. The predicted molar refractivity (Wildman–Crippen MR) is 84.4 cm³/mol. The highest BCUT2D eigenvalue weighted by molar-refractivity contribution is 7.10. The number of nitrogens with zero attached hydrogens (tertiary/aromatic N) is 1. The summed E-state index contributed by atoms with van der Waals surface area (Å²) in [7, 11) is 0. The van der Waals surface area contributed by atoms with E-state index in [4.69, 9.17) is 4.74 Å². The van der Waals surface area contributed by atoms with Crippen LogP contribution in [0.25, 0.3) is 0 Å². The predicted octanol–water partition coefficient (Wildman–Crippen LogP) is 2.43. The Morgan fingerprint density at radius 3 is 2.81 bits per heavy atom. The maximum atomic E-state index is 12.3. The topological polar surface area (TPSA) is 41.6 Å². The molecule has 5 heteroatoms. The van der Waals surface area contributed by atoms with Crippen LogP contribution in [0.5, 0.6) is 0 Å². The van der Waals surface area contributed by atoms with Gasteiger partial charge < -0.3 is 10.1 Å². The van der Waals surface area contributed by atoms with Gasteiger partial charge in [0.25, 0.3) is 0 Å². The Labute approximate surface area is 130 Å². The molecule has 1 aromatic rings. The SMILES string of the molecule is O=C(NCC(c1cccs1)N1CCCC1)C1CCOCC1. The van der Waals surface area contributed by atoms with E-state index in [2.05, 4.69) is 27.7 Å². The van der Waals surface area contributed by atoms with Gasteiger partial charge in [0.15, 0.2) is 0 Å². The highest BCUT2D eigenvalue weighted by Crippen LogP contribution is 2.28. The van der Waals surface area contributed by atoms with E-state index in [0.717, 1.165) is 45.7 Å². The highest BCUT2D eigenvalue weighted by Gasteiger charge is 2.26. The number of nitrogens with one attached hydrogen (secondary N) is 1. The van der Waals surface area contributed by atoms with E-state index in [1.807, 2.05) is 0 Å². The maximum absolute atomic E-state index is 12.3. The summed E-state index contributed by atoms with van der Waals surface area (Å²) < 4.78 is 5.33. The molecule has 1 unspecified atom stereocenters. The standard InChI is InChI=1S/C16H24N2O2S/c19-16(13-5-9-20-10-6-13)17-12-14(15-4-3-11-21-15)18-7-1-2-8-18/h3-4,11,13-14H,1-2,5-10,12H2,(H,17,19). The number of carbonyl (C=O) groups is 1. The first-order chi connectivity index (χ1) is 10.3. The van der Waals surface area contributed by atoms with Crippen LogP contribution in [0.4, 0.5) is 0 Å².